The Kier molecular flexibility index (Phi) is 5.48. The van der Waals surface area contributed by atoms with Crippen molar-refractivity contribution in [2.45, 2.75) is 82.8 Å². The van der Waals surface area contributed by atoms with E-state index in [9.17, 15) is 4.79 Å². The molecule has 0 saturated heterocycles. The van der Waals surface area contributed by atoms with Gasteiger partial charge in [0.2, 0.25) is 0 Å². The summed E-state index contributed by atoms with van der Waals surface area (Å²) in [6, 6.07) is 0. The van der Waals surface area contributed by atoms with Gasteiger partial charge in [0, 0.05) is 7.05 Å². The van der Waals surface area contributed by atoms with Crippen LogP contribution in [-0.4, -0.2) is 42.1 Å². The van der Waals surface area contributed by atoms with Crippen molar-refractivity contribution < 1.29 is 9.53 Å². The largest absolute Gasteiger partial charge is 0.375 e. The summed E-state index contributed by atoms with van der Waals surface area (Å²) < 4.78 is 6.28. The Labute approximate surface area is 146 Å². The average molecular weight is 335 g/mol. The maximum Gasteiger partial charge on any atom is 0.259 e. The molecule has 2 fully saturated rings. The first-order valence-electron chi connectivity index (χ1n) is 9.77. The molecule has 0 radical (unpaired) electrons. The smallest absolute Gasteiger partial charge is 0.259 e. The number of nitrogens with two attached hydrogens (primary N) is 1. The Hall–Kier alpha value is -1.10. The van der Waals surface area contributed by atoms with Gasteiger partial charge in [-0.2, -0.15) is 0 Å². The standard InChI is InChI=1S/C19H33N3O2/c1-14-8-6-7-11-16(14)24-13-19(12-15-9-4-3-5-10-15)17(23)22(2)18(20)21-19/h14-16H,3-13H2,1-2H3,(H2,20,21)/t14-,16-,19?/m1/s1. The summed E-state index contributed by atoms with van der Waals surface area (Å²) in [5, 5.41) is 0. The Balaban J connectivity index is 1.71. The average Bonchev–Trinajstić information content (AvgIpc) is 2.79. The molecule has 24 heavy (non-hydrogen) atoms. The minimum Gasteiger partial charge on any atom is -0.375 e. The number of carbonyl (C=O) groups is 1. The van der Waals surface area contributed by atoms with Crippen LogP contribution in [0, 0.1) is 11.8 Å². The van der Waals surface area contributed by atoms with Gasteiger partial charge in [-0.3, -0.25) is 9.69 Å². The van der Waals surface area contributed by atoms with E-state index in [1.165, 1.54) is 56.3 Å². The third-order valence-electron chi connectivity index (χ3n) is 6.30. The molecule has 2 N–H and O–H groups in total. The molecule has 0 aromatic carbocycles. The fourth-order valence-electron chi connectivity index (χ4n) is 4.69. The highest BCUT2D eigenvalue weighted by Gasteiger charge is 2.48. The molecule has 0 aromatic rings. The van der Waals surface area contributed by atoms with Gasteiger partial charge in [0.15, 0.2) is 11.5 Å². The van der Waals surface area contributed by atoms with Crippen molar-refractivity contribution >= 4 is 11.9 Å². The van der Waals surface area contributed by atoms with Crippen LogP contribution in [0.15, 0.2) is 4.99 Å². The number of guanidine groups is 1. The van der Waals surface area contributed by atoms with Crippen LogP contribution in [0.2, 0.25) is 0 Å². The summed E-state index contributed by atoms with van der Waals surface area (Å²) in [6.07, 6.45) is 12.2. The number of nitrogens with zero attached hydrogens (tertiary/aromatic N) is 2. The van der Waals surface area contributed by atoms with E-state index in [1.54, 1.807) is 7.05 Å². The zero-order valence-corrected chi connectivity index (χ0v) is 15.3. The summed E-state index contributed by atoms with van der Waals surface area (Å²) in [5.41, 5.74) is 5.21. The van der Waals surface area contributed by atoms with Crippen LogP contribution in [0.5, 0.6) is 0 Å². The summed E-state index contributed by atoms with van der Waals surface area (Å²) >= 11 is 0. The first-order valence-corrected chi connectivity index (χ1v) is 9.77. The van der Waals surface area contributed by atoms with Crippen molar-refractivity contribution in [3.63, 3.8) is 0 Å². The van der Waals surface area contributed by atoms with Gasteiger partial charge in [0.05, 0.1) is 12.7 Å². The minimum absolute atomic E-state index is 0.0223. The number of carbonyl (C=O) groups excluding carboxylic acids is 1. The lowest BCUT2D eigenvalue weighted by molar-refractivity contribution is -0.135. The zero-order chi connectivity index (χ0) is 17.2. The predicted molar refractivity (Wildman–Crippen MR) is 95.7 cm³/mol. The highest BCUT2D eigenvalue weighted by molar-refractivity contribution is 6.06. The van der Waals surface area contributed by atoms with Gasteiger partial charge >= 0.3 is 0 Å². The second kappa shape index (κ2) is 7.42. The first kappa shape index (κ1) is 17.7. The highest BCUT2D eigenvalue weighted by Crippen LogP contribution is 2.37. The summed E-state index contributed by atoms with van der Waals surface area (Å²) in [5.74, 6) is 1.50. The Bertz CT molecular complexity index is 487. The molecule has 3 rings (SSSR count). The number of amides is 1. The molecule has 0 bridgehead atoms. The first-order chi connectivity index (χ1) is 11.5. The Morgan fingerprint density at radius 2 is 1.83 bits per heavy atom. The molecule has 0 aromatic heterocycles. The number of rotatable bonds is 5. The van der Waals surface area contributed by atoms with Crippen molar-refractivity contribution in [2.24, 2.45) is 22.6 Å². The van der Waals surface area contributed by atoms with Crippen LogP contribution in [-0.2, 0) is 9.53 Å². The Morgan fingerprint density at radius 1 is 1.17 bits per heavy atom. The van der Waals surface area contributed by atoms with Crippen LogP contribution < -0.4 is 5.73 Å². The predicted octanol–water partition coefficient (Wildman–Crippen LogP) is 3.08. The highest BCUT2D eigenvalue weighted by atomic mass is 16.5. The lowest BCUT2D eigenvalue weighted by Crippen LogP contribution is -2.47. The van der Waals surface area contributed by atoms with Crippen molar-refractivity contribution in [1.82, 2.24) is 4.90 Å². The number of likely N-dealkylation sites (N-methyl/N-ethyl adjacent to an activating group) is 1. The lowest BCUT2D eigenvalue weighted by atomic mass is 9.79. The van der Waals surface area contributed by atoms with Crippen LogP contribution >= 0.6 is 0 Å². The fraction of sp³-hybridized carbons (Fsp3) is 0.895. The number of aliphatic imine (C=N–C) groups is 1. The molecule has 136 valence electrons. The summed E-state index contributed by atoms with van der Waals surface area (Å²) in [6.45, 7) is 2.65. The molecule has 2 aliphatic carbocycles. The summed E-state index contributed by atoms with van der Waals surface area (Å²) in [7, 11) is 1.73. The van der Waals surface area contributed by atoms with Crippen molar-refractivity contribution in [3.8, 4) is 0 Å². The molecule has 1 amide bonds. The zero-order valence-electron chi connectivity index (χ0n) is 15.3. The molecule has 2 saturated carbocycles. The second-order valence-electron chi connectivity index (χ2n) is 8.19. The normalized spacial score (nSPS) is 35.3. The Morgan fingerprint density at radius 3 is 2.46 bits per heavy atom. The van der Waals surface area contributed by atoms with Gasteiger partial charge in [-0.05, 0) is 31.1 Å². The van der Waals surface area contributed by atoms with Crippen molar-refractivity contribution in [2.75, 3.05) is 13.7 Å². The van der Waals surface area contributed by atoms with Crippen LogP contribution in [0.4, 0.5) is 0 Å². The molecule has 1 unspecified atom stereocenters. The van der Waals surface area contributed by atoms with E-state index in [-0.39, 0.29) is 12.0 Å². The number of hydrogen-bond donors (Lipinski definition) is 1. The van der Waals surface area contributed by atoms with Gasteiger partial charge in [0.25, 0.3) is 5.91 Å². The minimum atomic E-state index is -0.780. The SMILES string of the molecule is C[C@@H]1CCCC[C@H]1OCC1(CC2CCCCC2)N=C(N)N(C)C1=O. The van der Waals surface area contributed by atoms with E-state index in [2.05, 4.69) is 11.9 Å². The third-order valence-corrected chi connectivity index (χ3v) is 6.30. The van der Waals surface area contributed by atoms with Gasteiger partial charge in [-0.1, -0.05) is 51.9 Å². The van der Waals surface area contributed by atoms with E-state index in [1.807, 2.05) is 0 Å². The van der Waals surface area contributed by atoms with Gasteiger partial charge in [-0.25, -0.2) is 4.99 Å². The number of ether oxygens (including phenoxy) is 1. The van der Waals surface area contributed by atoms with Crippen LogP contribution in [0.3, 0.4) is 0 Å². The maximum atomic E-state index is 12.9. The molecule has 3 aliphatic rings. The van der Waals surface area contributed by atoms with Crippen molar-refractivity contribution in [3.05, 3.63) is 0 Å². The molecular weight excluding hydrogens is 302 g/mol. The number of hydrogen-bond acceptors (Lipinski definition) is 4. The van der Waals surface area contributed by atoms with E-state index in [4.69, 9.17) is 10.5 Å². The van der Waals surface area contributed by atoms with Gasteiger partial charge in [-0.15, -0.1) is 0 Å². The lowest BCUT2D eigenvalue weighted by Gasteiger charge is -2.34. The monoisotopic (exact) mass is 335 g/mol. The molecule has 3 atom stereocenters. The third kappa shape index (κ3) is 3.61. The molecule has 1 heterocycles. The van der Waals surface area contributed by atoms with E-state index in [0.717, 1.165) is 12.8 Å². The van der Waals surface area contributed by atoms with E-state index in [0.29, 0.717) is 24.4 Å². The molecule has 5 nitrogen and oxygen atoms in total. The summed E-state index contributed by atoms with van der Waals surface area (Å²) in [4.78, 5) is 19.1. The van der Waals surface area contributed by atoms with E-state index < -0.39 is 5.54 Å². The quantitative estimate of drug-likeness (QED) is 0.839. The topological polar surface area (TPSA) is 67.9 Å². The van der Waals surface area contributed by atoms with Crippen LogP contribution in [0.1, 0.15) is 71.1 Å². The fourth-order valence-corrected chi connectivity index (χ4v) is 4.69. The maximum absolute atomic E-state index is 12.9. The van der Waals surface area contributed by atoms with Gasteiger partial charge < -0.3 is 10.5 Å². The molecule has 5 heteroatoms. The second-order valence-corrected chi connectivity index (χ2v) is 8.19. The van der Waals surface area contributed by atoms with Crippen LogP contribution in [0.25, 0.3) is 0 Å². The van der Waals surface area contributed by atoms with Gasteiger partial charge in [0.1, 0.15) is 0 Å². The molecule has 0 spiro atoms. The van der Waals surface area contributed by atoms with Crippen molar-refractivity contribution in [1.29, 1.82) is 0 Å². The molecular formula is C19H33N3O2. The molecule has 1 aliphatic heterocycles. The van der Waals surface area contributed by atoms with E-state index >= 15 is 0 Å².